The standard InChI is InChI=1S/C22H22ClN3O3/c1-2-10-24-22(27)13-6-9-20-17(11-13)15-4-3-5-16(15)21(25-20)18-12-14(26(28)29)7-8-19(18)23/h3-4,6-9,11-12,15-16,21,25H,2,5,10H2,1H3,(H,24,27). The van der Waals surface area contributed by atoms with Crippen molar-refractivity contribution in [3.63, 3.8) is 0 Å². The highest BCUT2D eigenvalue weighted by Gasteiger charge is 2.39. The minimum Gasteiger partial charge on any atom is -0.378 e. The number of nitro benzene ring substituents is 1. The first-order chi connectivity index (χ1) is 14.0. The number of nitrogens with one attached hydrogen (secondary N) is 2. The lowest BCUT2D eigenvalue weighted by atomic mass is 9.76. The van der Waals surface area contributed by atoms with E-state index >= 15 is 0 Å². The number of nitro groups is 1. The summed E-state index contributed by atoms with van der Waals surface area (Å²) in [4.78, 5) is 23.2. The number of carbonyl (C=O) groups is 1. The summed E-state index contributed by atoms with van der Waals surface area (Å²) in [6.07, 6.45) is 6.02. The zero-order chi connectivity index (χ0) is 20.5. The molecule has 1 aliphatic carbocycles. The van der Waals surface area contributed by atoms with Crippen molar-refractivity contribution in [2.45, 2.75) is 31.7 Å². The highest BCUT2D eigenvalue weighted by molar-refractivity contribution is 6.31. The predicted molar refractivity (Wildman–Crippen MR) is 114 cm³/mol. The first kappa shape index (κ1) is 19.5. The molecule has 0 fully saturated rings. The fourth-order valence-corrected chi connectivity index (χ4v) is 4.50. The Kier molecular flexibility index (Phi) is 5.28. The van der Waals surface area contributed by atoms with Crippen molar-refractivity contribution in [1.82, 2.24) is 5.32 Å². The van der Waals surface area contributed by atoms with Crippen LogP contribution in [0.25, 0.3) is 0 Å². The maximum Gasteiger partial charge on any atom is 0.269 e. The normalized spacial score (nSPS) is 21.8. The SMILES string of the molecule is CCCNC(=O)c1ccc2c(c1)C1C=CCC1C(c1cc([N+](=O)[O-])ccc1Cl)N2. The maximum absolute atomic E-state index is 12.4. The number of hydrogen-bond donors (Lipinski definition) is 2. The van der Waals surface area contributed by atoms with Gasteiger partial charge in [-0.05, 0) is 48.6 Å². The highest BCUT2D eigenvalue weighted by Crippen LogP contribution is 2.51. The van der Waals surface area contributed by atoms with E-state index in [-0.39, 0.29) is 29.5 Å². The summed E-state index contributed by atoms with van der Waals surface area (Å²) in [5.74, 6) is 0.235. The second-order valence-electron chi connectivity index (χ2n) is 7.50. The molecule has 0 bridgehead atoms. The summed E-state index contributed by atoms with van der Waals surface area (Å²) in [5.41, 5.74) is 3.41. The molecule has 0 aromatic heterocycles. The van der Waals surface area contributed by atoms with E-state index in [9.17, 15) is 14.9 Å². The van der Waals surface area contributed by atoms with E-state index in [0.29, 0.717) is 17.1 Å². The van der Waals surface area contributed by atoms with Crippen LogP contribution in [0.2, 0.25) is 5.02 Å². The number of anilines is 1. The minimum absolute atomic E-state index is 0.0300. The van der Waals surface area contributed by atoms with Gasteiger partial charge in [-0.2, -0.15) is 0 Å². The van der Waals surface area contributed by atoms with Crippen LogP contribution >= 0.6 is 11.6 Å². The zero-order valence-corrected chi connectivity index (χ0v) is 16.8. The monoisotopic (exact) mass is 411 g/mol. The average molecular weight is 412 g/mol. The quantitative estimate of drug-likeness (QED) is 0.401. The van der Waals surface area contributed by atoms with Crippen molar-refractivity contribution >= 4 is 28.9 Å². The van der Waals surface area contributed by atoms with Crippen LogP contribution in [-0.4, -0.2) is 17.4 Å². The smallest absolute Gasteiger partial charge is 0.269 e. The molecular formula is C22H22ClN3O3. The minimum atomic E-state index is -0.401. The number of allylic oxidation sites excluding steroid dienone is 2. The third kappa shape index (κ3) is 3.60. The fraction of sp³-hybridized carbons (Fsp3) is 0.318. The van der Waals surface area contributed by atoms with Gasteiger partial charge in [0, 0.05) is 46.4 Å². The van der Waals surface area contributed by atoms with E-state index in [0.717, 1.165) is 29.7 Å². The van der Waals surface area contributed by atoms with E-state index in [4.69, 9.17) is 11.6 Å². The van der Waals surface area contributed by atoms with Crippen LogP contribution in [-0.2, 0) is 0 Å². The fourth-order valence-electron chi connectivity index (χ4n) is 4.27. The van der Waals surface area contributed by atoms with Gasteiger partial charge in [0.05, 0.1) is 11.0 Å². The summed E-state index contributed by atoms with van der Waals surface area (Å²) >= 11 is 6.43. The molecular weight excluding hydrogens is 390 g/mol. The molecule has 3 unspecified atom stereocenters. The molecule has 0 radical (unpaired) electrons. The second-order valence-corrected chi connectivity index (χ2v) is 7.90. The molecule has 1 amide bonds. The molecule has 0 saturated heterocycles. The summed E-state index contributed by atoms with van der Waals surface area (Å²) in [6.45, 7) is 2.66. The van der Waals surface area contributed by atoms with Gasteiger partial charge in [0.2, 0.25) is 0 Å². The topological polar surface area (TPSA) is 84.3 Å². The first-order valence-corrected chi connectivity index (χ1v) is 10.2. The number of nitrogens with zero attached hydrogens (tertiary/aromatic N) is 1. The van der Waals surface area contributed by atoms with E-state index in [2.05, 4.69) is 22.8 Å². The van der Waals surface area contributed by atoms with Gasteiger partial charge in [-0.15, -0.1) is 0 Å². The Bertz CT molecular complexity index is 1000. The van der Waals surface area contributed by atoms with Gasteiger partial charge in [-0.3, -0.25) is 14.9 Å². The van der Waals surface area contributed by atoms with Gasteiger partial charge in [-0.25, -0.2) is 0 Å². The van der Waals surface area contributed by atoms with Gasteiger partial charge in [0.25, 0.3) is 11.6 Å². The Balaban J connectivity index is 1.71. The van der Waals surface area contributed by atoms with Gasteiger partial charge in [0.1, 0.15) is 0 Å². The summed E-state index contributed by atoms with van der Waals surface area (Å²) in [7, 11) is 0. The lowest BCUT2D eigenvalue weighted by Gasteiger charge is -2.38. The molecule has 3 atom stereocenters. The maximum atomic E-state index is 12.4. The van der Waals surface area contributed by atoms with Crippen LogP contribution in [0.3, 0.4) is 0 Å². The second kappa shape index (κ2) is 7.87. The van der Waals surface area contributed by atoms with Crippen molar-refractivity contribution in [2.75, 3.05) is 11.9 Å². The highest BCUT2D eigenvalue weighted by atomic mass is 35.5. The van der Waals surface area contributed by atoms with Crippen LogP contribution in [0.1, 0.15) is 53.2 Å². The van der Waals surface area contributed by atoms with Gasteiger partial charge in [-0.1, -0.05) is 30.7 Å². The molecule has 1 heterocycles. The number of amides is 1. The van der Waals surface area contributed by atoms with Gasteiger partial charge < -0.3 is 10.6 Å². The molecule has 1 aliphatic heterocycles. The Hall–Kier alpha value is -2.86. The molecule has 7 heteroatoms. The van der Waals surface area contributed by atoms with Gasteiger partial charge in [0.15, 0.2) is 0 Å². The van der Waals surface area contributed by atoms with E-state index < -0.39 is 4.92 Å². The molecule has 4 rings (SSSR count). The number of carbonyl (C=O) groups excluding carboxylic acids is 1. The van der Waals surface area contributed by atoms with Crippen molar-refractivity contribution in [2.24, 2.45) is 5.92 Å². The van der Waals surface area contributed by atoms with E-state index in [1.807, 2.05) is 25.1 Å². The van der Waals surface area contributed by atoms with Crippen molar-refractivity contribution in [1.29, 1.82) is 0 Å². The van der Waals surface area contributed by atoms with Crippen LogP contribution in [0.15, 0.2) is 48.6 Å². The summed E-state index contributed by atoms with van der Waals surface area (Å²) in [6, 6.07) is 10.1. The summed E-state index contributed by atoms with van der Waals surface area (Å²) in [5, 5.41) is 18.2. The number of rotatable bonds is 5. The van der Waals surface area contributed by atoms with Crippen molar-refractivity contribution in [3.8, 4) is 0 Å². The molecule has 2 N–H and O–H groups in total. The number of hydrogen-bond acceptors (Lipinski definition) is 4. The van der Waals surface area contributed by atoms with Crippen molar-refractivity contribution < 1.29 is 9.72 Å². The molecule has 6 nitrogen and oxygen atoms in total. The number of non-ortho nitro benzene ring substituents is 1. The first-order valence-electron chi connectivity index (χ1n) is 9.78. The van der Waals surface area contributed by atoms with Crippen molar-refractivity contribution in [3.05, 3.63) is 80.4 Å². The zero-order valence-electron chi connectivity index (χ0n) is 16.0. The molecule has 150 valence electrons. The van der Waals surface area contributed by atoms with Gasteiger partial charge >= 0.3 is 0 Å². The number of benzene rings is 2. The number of fused-ring (bicyclic) bond motifs is 3. The van der Waals surface area contributed by atoms with Crippen LogP contribution in [0, 0.1) is 16.0 Å². The molecule has 0 spiro atoms. The number of halogens is 1. The van der Waals surface area contributed by atoms with Crippen LogP contribution in [0.5, 0.6) is 0 Å². The predicted octanol–water partition coefficient (Wildman–Crippen LogP) is 5.21. The third-order valence-electron chi connectivity index (χ3n) is 5.69. The molecule has 2 aromatic carbocycles. The molecule has 2 aromatic rings. The Labute approximate surface area is 174 Å². The lowest BCUT2D eigenvalue weighted by Crippen LogP contribution is -2.30. The Morgan fingerprint density at radius 1 is 1.28 bits per heavy atom. The molecule has 29 heavy (non-hydrogen) atoms. The Morgan fingerprint density at radius 2 is 2.10 bits per heavy atom. The van der Waals surface area contributed by atoms with E-state index in [1.54, 1.807) is 12.1 Å². The summed E-state index contributed by atoms with van der Waals surface area (Å²) < 4.78 is 0. The largest absolute Gasteiger partial charge is 0.378 e. The third-order valence-corrected chi connectivity index (χ3v) is 6.03. The lowest BCUT2D eigenvalue weighted by molar-refractivity contribution is -0.384. The van der Waals surface area contributed by atoms with E-state index in [1.165, 1.54) is 6.07 Å². The van der Waals surface area contributed by atoms with Crippen LogP contribution in [0.4, 0.5) is 11.4 Å². The molecule has 0 saturated carbocycles. The molecule has 2 aliphatic rings. The average Bonchev–Trinajstić information content (AvgIpc) is 3.21. The Morgan fingerprint density at radius 3 is 2.86 bits per heavy atom. The van der Waals surface area contributed by atoms with Crippen LogP contribution < -0.4 is 10.6 Å².